The molecule has 0 aliphatic carbocycles. The highest BCUT2D eigenvalue weighted by molar-refractivity contribution is 8.01. The van der Waals surface area contributed by atoms with Crippen LogP contribution in [0, 0.1) is 0 Å². The Balaban J connectivity index is 0.966. The van der Waals surface area contributed by atoms with Gasteiger partial charge >= 0.3 is 0 Å². The summed E-state index contributed by atoms with van der Waals surface area (Å²) in [6.45, 7) is 14.0. The van der Waals surface area contributed by atoms with Crippen molar-refractivity contribution in [1.29, 1.82) is 0 Å². The van der Waals surface area contributed by atoms with Crippen LogP contribution in [0.1, 0.15) is 52.7 Å². The molecule has 0 amide bonds. The molecule has 364 valence electrons. The third-order valence-electron chi connectivity index (χ3n) is 16.3. The highest BCUT2D eigenvalue weighted by atomic mass is 32.2. The van der Waals surface area contributed by atoms with Gasteiger partial charge in [-0.25, -0.2) is 0 Å². The van der Waals surface area contributed by atoms with E-state index in [1.807, 2.05) is 23.5 Å². The molecule has 0 atom stereocenters. The van der Waals surface area contributed by atoms with Crippen molar-refractivity contribution in [3.05, 3.63) is 223 Å². The summed E-state index contributed by atoms with van der Waals surface area (Å²) in [5.74, 6) is 0. The van der Waals surface area contributed by atoms with Crippen molar-refractivity contribution in [1.82, 2.24) is 4.57 Å². The van der Waals surface area contributed by atoms with Crippen LogP contribution >= 0.6 is 23.5 Å². The van der Waals surface area contributed by atoms with Gasteiger partial charge in [0.25, 0.3) is 0 Å². The number of benzene rings is 10. The normalized spacial score (nSPS) is 14.0. The van der Waals surface area contributed by atoms with Crippen LogP contribution in [-0.2, 0) is 10.8 Å². The zero-order valence-electron chi connectivity index (χ0n) is 43.5. The monoisotopic (exact) mass is 1010 g/mol. The molecule has 5 heterocycles. The molecular weight excluding hydrogens is 959 g/mol. The van der Waals surface area contributed by atoms with Crippen LogP contribution in [0.25, 0.3) is 27.5 Å². The summed E-state index contributed by atoms with van der Waals surface area (Å²) in [6.07, 6.45) is 0. The first kappa shape index (κ1) is 45.6. The third kappa shape index (κ3) is 7.03. The van der Waals surface area contributed by atoms with E-state index in [1.165, 1.54) is 114 Å². The summed E-state index contributed by atoms with van der Waals surface area (Å²) in [6, 6.07) is 80.1. The molecule has 4 aliphatic heterocycles. The molecule has 15 rings (SSSR count). The predicted molar refractivity (Wildman–Crippen MR) is 328 cm³/mol. The summed E-state index contributed by atoms with van der Waals surface area (Å²) in [4.78, 5) is 10.2. The van der Waals surface area contributed by atoms with Gasteiger partial charge in [0.15, 0.2) is 0 Å². The van der Waals surface area contributed by atoms with E-state index < -0.39 is 0 Å². The smallest absolute Gasteiger partial charge is 0.249 e. The molecule has 0 bridgehead atoms. The number of rotatable bonds is 5. The fourth-order valence-electron chi connectivity index (χ4n) is 12.7. The summed E-state index contributed by atoms with van der Waals surface area (Å²) in [5.41, 5.74) is 23.8. The van der Waals surface area contributed by atoms with Crippen molar-refractivity contribution < 1.29 is 0 Å². The second kappa shape index (κ2) is 16.9. The maximum absolute atomic E-state index is 3.81. The fraction of sp³-hybridized carbons (Fsp3) is 0.118. The lowest BCUT2D eigenvalue weighted by Gasteiger charge is -2.42. The lowest BCUT2D eigenvalue weighted by Crippen LogP contribution is -2.63. The Morgan fingerprint density at radius 3 is 1.33 bits per heavy atom. The van der Waals surface area contributed by atoms with E-state index in [1.54, 1.807) is 0 Å². The van der Waals surface area contributed by atoms with Gasteiger partial charge in [-0.05, 0) is 147 Å². The van der Waals surface area contributed by atoms with Gasteiger partial charge in [0.05, 0.1) is 11.0 Å². The molecule has 8 heteroatoms. The fourth-order valence-corrected chi connectivity index (χ4v) is 15.2. The first-order chi connectivity index (χ1) is 36.9. The molecule has 4 aliphatic rings. The Hall–Kier alpha value is -7.77. The Morgan fingerprint density at radius 2 is 0.816 bits per heavy atom. The summed E-state index contributed by atoms with van der Waals surface area (Å²) >= 11 is 3.88. The van der Waals surface area contributed by atoms with Crippen LogP contribution in [0.4, 0.5) is 45.5 Å². The predicted octanol–water partition coefficient (Wildman–Crippen LogP) is 14.7. The molecule has 0 spiro atoms. The summed E-state index contributed by atoms with van der Waals surface area (Å²) in [7, 11) is 0. The van der Waals surface area contributed by atoms with Gasteiger partial charge in [-0.3, -0.25) is 0 Å². The first-order valence-electron chi connectivity index (χ1n) is 26.6. The second-order valence-electron chi connectivity index (χ2n) is 23.0. The van der Waals surface area contributed by atoms with E-state index in [2.05, 4.69) is 274 Å². The second-order valence-corrected chi connectivity index (χ2v) is 25.2. The van der Waals surface area contributed by atoms with Crippen molar-refractivity contribution in [2.45, 2.75) is 72.0 Å². The van der Waals surface area contributed by atoms with Crippen LogP contribution < -0.4 is 47.9 Å². The summed E-state index contributed by atoms with van der Waals surface area (Å²) < 4.78 is 2.55. The van der Waals surface area contributed by atoms with Gasteiger partial charge in [-0.15, -0.1) is 0 Å². The molecule has 4 nitrogen and oxygen atoms in total. The van der Waals surface area contributed by atoms with Gasteiger partial charge in [0, 0.05) is 81.5 Å². The number of aromatic nitrogens is 1. The molecule has 0 radical (unpaired) electrons. The number of para-hydroxylation sites is 5. The maximum atomic E-state index is 3.81. The number of hydrogen-bond acceptors (Lipinski definition) is 5. The van der Waals surface area contributed by atoms with E-state index in [4.69, 9.17) is 0 Å². The van der Waals surface area contributed by atoms with Crippen molar-refractivity contribution in [2.24, 2.45) is 0 Å². The minimum atomic E-state index is 0.00886. The molecule has 10 aromatic carbocycles. The van der Waals surface area contributed by atoms with Gasteiger partial charge in [0.1, 0.15) is 0 Å². The Labute approximate surface area is 455 Å². The van der Waals surface area contributed by atoms with Crippen molar-refractivity contribution in [3.8, 4) is 5.69 Å². The molecular formula is C68H54B2N4S2. The van der Waals surface area contributed by atoms with Crippen LogP contribution in [0.15, 0.2) is 232 Å². The Bertz CT molecular complexity index is 4130. The van der Waals surface area contributed by atoms with E-state index in [0.717, 1.165) is 22.7 Å². The van der Waals surface area contributed by atoms with E-state index in [-0.39, 0.29) is 24.3 Å². The highest BCUT2D eigenvalue weighted by Crippen LogP contribution is 2.48. The molecule has 76 heavy (non-hydrogen) atoms. The SMILES string of the molecule is CC(C)(C)c1ccc2c(c1)c1cc(C(C)(C)C)ccc1n2-c1cc2c3c(c1)N(c1ccccc1)c1ccccc1B3c1cc3c(cc1S2)Sc1cc(Nc2ccccc2)cc2c1B3c1ccccc1N2c1ccccc1. The highest BCUT2D eigenvalue weighted by Gasteiger charge is 2.46. The van der Waals surface area contributed by atoms with E-state index in [0.29, 0.717) is 0 Å². The van der Waals surface area contributed by atoms with E-state index >= 15 is 0 Å². The minimum Gasteiger partial charge on any atom is -0.355 e. The van der Waals surface area contributed by atoms with Gasteiger partial charge < -0.3 is 19.7 Å². The van der Waals surface area contributed by atoms with Gasteiger partial charge in [-0.1, -0.05) is 185 Å². The maximum Gasteiger partial charge on any atom is 0.249 e. The summed E-state index contributed by atoms with van der Waals surface area (Å²) in [5, 5.41) is 6.40. The van der Waals surface area contributed by atoms with Gasteiger partial charge in [0.2, 0.25) is 13.4 Å². The molecule has 0 saturated heterocycles. The molecule has 0 fully saturated rings. The largest absolute Gasteiger partial charge is 0.355 e. The van der Waals surface area contributed by atoms with Crippen molar-refractivity contribution >= 4 is 137 Å². The average Bonchev–Trinajstić information content (AvgIpc) is 3.88. The van der Waals surface area contributed by atoms with Crippen LogP contribution in [0.2, 0.25) is 0 Å². The number of hydrogen-bond donors (Lipinski definition) is 1. The van der Waals surface area contributed by atoms with Crippen molar-refractivity contribution in [3.63, 3.8) is 0 Å². The standard InChI is InChI=1S/C68H54B2N4S2/c1-67(2,3)42-30-32-55-49(34-42)50-35-43(68(4,5)6)31-33-56(50)74(55)48-38-60-66-64(39-48)76-62-41-61-53(40-54(62)70(66)52-27-17-19-29-58(52)73(60)47-24-14-9-15-25-47)69-51-26-16-18-28-57(51)72(46-22-12-8-13-23-46)59-36-45(37-63(75-61)65(59)69)71-44-20-10-7-11-21-44/h7-41,71H,1-6H3. The Kier molecular flexibility index (Phi) is 10.1. The van der Waals surface area contributed by atoms with Crippen LogP contribution in [0.5, 0.6) is 0 Å². The van der Waals surface area contributed by atoms with Crippen LogP contribution in [0.3, 0.4) is 0 Å². The quantitative estimate of drug-likeness (QED) is 0.173. The number of nitrogens with one attached hydrogen (secondary N) is 1. The molecule has 11 aromatic rings. The average molecular weight is 1010 g/mol. The number of anilines is 8. The first-order valence-corrected chi connectivity index (χ1v) is 28.3. The zero-order chi connectivity index (χ0) is 51.2. The molecule has 1 aromatic heterocycles. The molecule has 0 unspecified atom stereocenters. The van der Waals surface area contributed by atoms with Crippen molar-refractivity contribution in [2.75, 3.05) is 15.1 Å². The molecule has 0 saturated carbocycles. The lowest BCUT2D eigenvalue weighted by atomic mass is 9.32. The third-order valence-corrected chi connectivity index (χ3v) is 18.6. The number of fused-ring (bicyclic) bond motifs is 11. The topological polar surface area (TPSA) is 23.4 Å². The van der Waals surface area contributed by atoms with Crippen LogP contribution in [-0.4, -0.2) is 18.0 Å². The number of nitrogens with zero attached hydrogens (tertiary/aromatic N) is 3. The molecule has 1 N–H and O–H groups in total. The minimum absolute atomic E-state index is 0.00886. The van der Waals surface area contributed by atoms with E-state index in [9.17, 15) is 0 Å². The zero-order valence-corrected chi connectivity index (χ0v) is 45.2. The van der Waals surface area contributed by atoms with Gasteiger partial charge in [-0.2, -0.15) is 0 Å². The lowest BCUT2D eigenvalue weighted by molar-refractivity contribution is 0.590. The Morgan fingerprint density at radius 1 is 0.355 bits per heavy atom.